The lowest BCUT2D eigenvalue weighted by Crippen LogP contribution is -2.30. The Hall–Kier alpha value is -1.76. The molecule has 0 amide bonds. The van der Waals surface area contributed by atoms with Gasteiger partial charge in [-0.25, -0.2) is 4.39 Å². The van der Waals surface area contributed by atoms with Crippen molar-refractivity contribution in [2.45, 2.75) is 10.8 Å². The molecule has 0 unspecified atom stereocenters. The highest BCUT2D eigenvalue weighted by Gasteiger charge is 2.13. The van der Waals surface area contributed by atoms with Crippen LogP contribution in [0.15, 0.2) is 53.6 Å². The average Bonchev–Trinajstić information content (AvgIpc) is 2.87. The Labute approximate surface area is 126 Å². The van der Waals surface area contributed by atoms with E-state index >= 15 is 0 Å². The Balaban J connectivity index is 1.78. The average molecular weight is 301 g/mol. The van der Waals surface area contributed by atoms with E-state index < -0.39 is 12.9 Å². The summed E-state index contributed by atoms with van der Waals surface area (Å²) >= 11 is 1.54. The lowest BCUT2D eigenvalue weighted by atomic mass is 9.79. The van der Waals surface area contributed by atoms with Crippen LogP contribution < -0.4 is 5.46 Å². The number of thioether (sulfide) groups is 1. The smallest absolute Gasteiger partial charge is 0.423 e. The number of H-pyrrole nitrogens is 1. The molecule has 0 spiro atoms. The third-order valence-electron chi connectivity index (χ3n) is 3.18. The van der Waals surface area contributed by atoms with Gasteiger partial charge in [0.2, 0.25) is 0 Å². The monoisotopic (exact) mass is 301 g/mol. The largest absolute Gasteiger partial charge is 0.488 e. The van der Waals surface area contributed by atoms with Gasteiger partial charge >= 0.3 is 7.12 Å². The highest BCUT2D eigenvalue weighted by molar-refractivity contribution is 7.98. The van der Waals surface area contributed by atoms with E-state index in [1.807, 2.05) is 30.3 Å². The molecular weight excluding hydrogens is 288 g/mol. The molecule has 0 aliphatic carbocycles. The molecular formula is C15H13BFNO2S. The van der Waals surface area contributed by atoms with E-state index in [9.17, 15) is 4.39 Å². The standard InChI is InChI=1S/C15H13BFNO2S/c17-13-6-10(5-12(8-13)16(19)20)9-21-15-7-11-3-1-2-4-14(11)18-15/h1-8,18-20H,9H2. The molecule has 3 nitrogen and oxygen atoms in total. The zero-order chi connectivity index (χ0) is 14.8. The van der Waals surface area contributed by atoms with E-state index in [1.165, 1.54) is 6.07 Å². The molecule has 1 aromatic heterocycles. The van der Waals surface area contributed by atoms with Gasteiger partial charge in [0.05, 0.1) is 5.03 Å². The first-order valence-corrected chi connectivity index (χ1v) is 7.46. The van der Waals surface area contributed by atoms with Crippen LogP contribution in [0.3, 0.4) is 0 Å². The SMILES string of the molecule is OB(O)c1cc(F)cc(CSc2cc3ccccc3[nH]2)c1. The molecule has 1 heterocycles. The van der Waals surface area contributed by atoms with E-state index in [1.54, 1.807) is 17.8 Å². The topological polar surface area (TPSA) is 56.2 Å². The number of hydrogen-bond donors (Lipinski definition) is 3. The summed E-state index contributed by atoms with van der Waals surface area (Å²) in [4.78, 5) is 3.29. The van der Waals surface area contributed by atoms with Crippen LogP contribution in [0.25, 0.3) is 10.9 Å². The van der Waals surface area contributed by atoms with Crippen LogP contribution in [-0.4, -0.2) is 22.2 Å². The summed E-state index contributed by atoms with van der Waals surface area (Å²) in [5.74, 6) is 0.0810. The van der Waals surface area contributed by atoms with Crippen LogP contribution >= 0.6 is 11.8 Å². The van der Waals surface area contributed by atoms with Crippen LogP contribution in [0.4, 0.5) is 4.39 Å². The maximum atomic E-state index is 13.4. The molecule has 0 saturated carbocycles. The molecule has 106 valence electrons. The van der Waals surface area contributed by atoms with E-state index in [0.29, 0.717) is 11.3 Å². The van der Waals surface area contributed by atoms with Gasteiger partial charge in [-0.2, -0.15) is 0 Å². The first-order chi connectivity index (χ1) is 10.1. The van der Waals surface area contributed by atoms with Crippen LogP contribution in [0, 0.1) is 5.82 Å². The summed E-state index contributed by atoms with van der Waals surface area (Å²) in [5, 5.41) is 20.4. The minimum absolute atomic E-state index is 0.169. The van der Waals surface area contributed by atoms with Crippen molar-refractivity contribution in [1.29, 1.82) is 0 Å². The van der Waals surface area contributed by atoms with E-state index in [2.05, 4.69) is 4.98 Å². The molecule has 21 heavy (non-hydrogen) atoms. The predicted octanol–water partition coefficient (Wildman–Crippen LogP) is 2.28. The summed E-state index contributed by atoms with van der Waals surface area (Å²) in [5.41, 5.74) is 1.94. The van der Waals surface area contributed by atoms with Crippen LogP contribution in [-0.2, 0) is 5.75 Å². The van der Waals surface area contributed by atoms with Crippen molar-refractivity contribution in [2.75, 3.05) is 0 Å². The number of halogens is 1. The van der Waals surface area contributed by atoms with Gasteiger partial charge in [0, 0.05) is 16.7 Å². The molecule has 0 aliphatic heterocycles. The van der Waals surface area contributed by atoms with Crippen molar-refractivity contribution in [1.82, 2.24) is 4.98 Å². The molecule has 0 bridgehead atoms. The molecule has 0 aliphatic rings. The number of benzene rings is 2. The van der Waals surface area contributed by atoms with Crippen molar-refractivity contribution in [3.8, 4) is 0 Å². The Morgan fingerprint density at radius 1 is 1.10 bits per heavy atom. The zero-order valence-corrected chi connectivity index (χ0v) is 11.9. The van der Waals surface area contributed by atoms with Gasteiger partial charge in [-0.05, 0) is 35.3 Å². The lowest BCUT2D eigenvalue weighted by Gasteiger charge is -2.05. The van der Waals surface area contributed by atoms with Crippen LogP contribution in [0.1, 0.15) is 5.56 Å². The van der Waals surface area contributed by atoms with Gasteiger partial charge in [-0.1, -0.05) is 24.3 Å². The van der Waals surface area contributed by atoms with Gasteiger partial charge in [0.15, 0.2) is 0 Å². The molecule has 0 radical (unpaired) electrons. The first-order valence-electron chi connectivity index (χ1n) is 6.48. The molecule has 3 aromatic rings. The normalized spacial score (nSPS) is 11.0. The number of aromatic nitrogens is 1. The minimum Gasteiger partial charge on any atom is -0.423 e. The van der Waals surface area contributed by atoms with Gasteiger partial charge in [-0.3, -0.25) is 0 Å². The summed E-state index contributed by atoms with van der Waals surface area (Å²) in [6, 6.07) is 14.1. The summed E-state index contributed by atoms with van der Waals surface area (Å²) in [6.45, 7) is 0. The van der Waals surface area contributed by atoms with Crippen molar-refractivity contribution >= 4 is 35.2 Å². The second-order valence-electron chi connectivity index (χ2n) is 4.78. The fourth-order valence-electron chi connectivity index (χ4n) is 2.19. The third kappa shape index (κ3) is 3.29. The fourth-order valence-corrected chi connectivity index (χ4v) is 3.07. The molecule has 3 N–H and O–H groups in total. The number of aromatic amines is 1. The molecule has 0 atom stereocenters. The summed E-state index contributed by atoms with van der Waals surface area (Å²) in [7, 11) is -1.66. The number of rotatable bonds is 4. The van der Waals surface area contributed by atoms with Crippen molar-refractivity contribution < 1.29 is 14.4 Å². The highest BCUT2D eigenvalue weighted by Crippen LogP contribution is 2.26. The van der Waals surface area contributed by atoms with Gasteiger partial charge in [0.25, 0.3) is 0 Å². The molecule has 3 rings (SSSR count). The molecule has 2 aromatic carbocycles. The Bertz CT molecular complexity index is 742. The van der Waals surface area contributed by atoms with Crippen LogP contribution in [0.5, 0.6) is 0 Å². The Morgan fingerprint density at radius 3 is 2.67 bits per heavy atom. The van der Waals surface area contributed by atoms with E-state index in [0.717, 1.165) is 22.0 Å². The lowest BCUT2D eigenvalue weighted by molar-refractivity contribution is 0.425. The van der Waals surface area contributed by atoms with Gasteiger partial charge in [-0.15, -0.1) is 11.8 Å². The maximum absolute atomic E-state index is 13.4. The summed E-state index contributed by atoms with van der Waals surface area (Å²) < 4.78 is 13.4. The Morgan fingerprint density at radius 2 is 1.90 bits per heavy atom. The van der Waals surface area contributed by atoms with Crippen molar-refractivity contribution in [2.24, 2.45) is 0 Å². The number of hydrogen-bond acceptors (Lipinski definition) is 3. The zero-order valence-electron chi connectivity index (χ0n) is 11.1. The minimum atomic E-state index is -1.66. The van der Waals surface area contributed by atoms with Crippen molar-refractivity contribution in [3.05, 3.63) is 59.9 Å². The van der Waals surface area contributed by atoms with Crippen molar-refractivity contribution in [3.63, 3.8) is 0 Å². The maximum Gasteiger partial charge on any atom is 0.488 e. The van der Waals surface area contributed by atoms with E-state index in [4.69, 9.17) is 10.0 Å². The summed E-state index contributed by atoms with van der Waals surface area (Å²) in [6.07, 6.45) is 0. The predicted molar refractivity (Wildman–Crippen MR) is 84.1 cm³/mol. The fraction of sp³-hybridized carbons (Fsp3) is 0.0667. The highest BCUT2D eigenvalue weighted by atomic mass is 32.2. The van der Waals surface area contributed by atoms with Gasteiger partial charge < -0.3 is 15.0 Å². The third-order valence-corrected chi connectivity index (χ3v) is 4.19. The second-order valence-corrected chi connectivity index (χ2v) is 5.79. The Kier molecular flexibility index (Phi) is 4.01. The van der Waals surface area contributed by atoms with Gasteiger partial charge in [0.1, 0.15) is 5.82 Å². The first kappa shape index (κ1) is 14.2. The van der Waals surface area contributed by atoms with E-state index in [-0.39, 0.29) is 5.46 Å². The molecule has 0 fully saturated rings. The van der Waals surface area contributed by atoms with Crippen LogP contribution in [0.2, 0.25) is 0 Å². The molecule has 6 heteroatoms. The second kappa shape index (κ2) is 5.93. The number of fused-ring (bicyclic) bond motifs is 1. The molecule has 0 saturated heterocycles. The quantitative estimate of drug-likeness (QED) is 0.512. The number of nitrogens with one attached hydrogen (secondary N) is 1. The number of para-hydroxylation sites is 1.